The Labute approximate surface area is 109 Å². The lowest BCUT2D eigenvalue weighted by molar-refractivity contribution is 0.366. The Morgan fingerprint density at radius 1 is 1.41 bits per heavy atom. The van der Waals surface area contributed by atoms with Gasteiger partial charge in [0.25, 0.3) is 0 Å². The van der Waals surface area contributed by atoms with E-state index >= 15 is 0 Å². The molecule has 1 aliphatic heterocycles. The molecule has 94 valence electrons. The summed E-state index contributed by atoms with van der Waals surface area (Å²) in [6.45, 7) is 1.50. The molecule has 0 saturated carbocycles. The van der Waals surface area contributed by atoms with Gasteiger partial charge >= 0.3 is 0 Å². The maximum absolute atomic E-state index is 13.6. The number of benzene rings is 1. The van der Waals surface area contributed by atoms with Crippen molar-refractivity contribution in [2.45, 2.75) is 0 Å². The summed E-state index contributed by atoms with van der Waals surface area (Å²) in [5.41, 5.74) is 0.197. The van der Waals surface area contributed by atoms with Gasteiger partial charge in [0.05, 0.1) is 9.73 Å². The van der Waals surface area contributed by atoms with Crippen molar-refractivity contribution in [3.63, 3.8) is 0 Å². The first-order chi connectivity index (χ1) is 7.98. The van der Waals surface area contributed by atoms with Gasteiger partial charge in [-0.3, -0.25) is 0 Å². The molecule has 0 aliphatic carbocycles. The molecule has 3 nitrogen and oxygen atoms in total. The van der Waals surface area contributed by atoms with E-state index in [1.807, 2.05) is 7.05 Å². The van der Waals surface area contributed by atoms with Crippen LogP contribution >= 0.6 is 15.9 Å². The van der Waals surface area contributed by atoms with Crippen molar-refractivity contribution in [1.29, 1.82) is 0 Å². The van der Waals surface area contributed by atoms with E-state index in [0.717, 1.165) is 13.1 Å². The highest BCUT2D eigenvalue weighted by molar-refractivity contribution is 9.10. The molecule has 0 amide bonds. The first-order valence-electron chi connectivity index (χ1n) is 5.35. The van der Waals surface area contributed by atoms with E-state index in [0.29, 0.717) is 16.0 Å². The second kappa shape index (κ2) is 5.04. The molecule has 0 spiro atoms. The molecule has 1 aromatic carbocycles. The highest BCUT2D eigenvalue weighted by Crippen LogP contribution is 2.24. The molecule has 1 aromatic rings. The van der Waals surface area contributed by atoms with Crippen molar-refractivity contribution in [3.05, 3.63) is 28.5 Å². The fourth-order valence-electron chi connectivity index (χ4n) is 1.64. The normalized spacial score (nSPS) is 20.2. The lowest BCUT2D eigenvalue weighted by atomic mass is 10.3. The molecule has 1 heterocycles. The molecule has 1 aliphatic rings. The highest BCUT2D eigenvalue weighted by Gasteiger charge is 2.18. The van der Waals surface area contributed by atoms with Gasteiger partial charge in [0.1, 0.15) is 5.69 Å². The second-order valence-corrected chi connectivity index (χ2v) is 7.63. The fraction of sp³-hybridized carbons (Fsp3) is 0.455. The van der Waals surface area contributed by atoms with Crippen LogP contribution in [0, 0.1) is 5.82 Å². The van der Waals surface area contributed by atoms with Crippen LogP contribution in [0.2, 0.25) is 0 Å². The van der Waals surface area contributed by atoms with E-state index in [-0.39, 0.29) is 5.69 Å². The summed E-state index contributed by atoms with van der Waals surface area (Å²) in [5, 5.41) is 0. The Morgan fingerprint density at radius 3 is 2.65 bits per heavy atom. The summed E-state index contributed by atoms with van der Waals surface area (Å²) < 4.78 is 30.8. The van der Waals surface area contributed by atoms with Crippen LogP contribution in [0.25, 0.3) is 0 Å². The van der Waals surface area contributed by atoms with Gasteiger partial charge in [-0.2, -0.15) is 4.36 Å². The standard InChI is InChI=1S/C11H14BrFN2OS/c1-15-4-6-17(16,7-5-15)14-11-3-2-9(12)8-10(11)13/h2-3,8H,4-7H2,1H3. The minimum absolute atomic E-state index is 0.197. The largest absolute Gasteiger partial charge is 0.304 e. The van der Waals surface area contributed by atoms with Crippen molar-refractivity contribution in [2.24, 2.45) is 4.36 Å². The van der Waals surface area contributed by atoms with Gasteiger partial charge in [-0.1, -0.05) is 15.9 Å². The molecule has 1 saturated heterocycles. The summed E-state index contributed by atoms with van der Waals surface area (Å²) in [6.07, 6.45) is 0. The Hall–Kier alpha value is -0.460. The van der Waals surface area contributed by atoms with Crippen molar-refractivity contribution in [1.82, 2.24) is 4.90 Å². The Bertz CT molecular complexity index is 526. The van der Waals surface area contributed by atoms with Crippen molar-refractivity contribution >= 4 is 31.3 Å². The smallest absolute Gasteiger partial charge is 0.150 e. The molecule has 1 fully saturated rings. The summed E-state index contributed by atoms with van der Waals surface area (Å²) >= 11 is 3.18. The maximum Gasteiger partial charge on any atom is 0.150 e. The van der Waals surface area contributed by atoms with Gasteiger partial charge in [-0.15, -0.1) is 0 Å². The number of hydrogen-bond donors (Lipinski definition) is 0. The zero-order chi connectivity index (χ0) is 12.5. The summed E-state index contributed by atoms with van der Waals surface area (Å²) in [7, 11) is -0.298. The van der Waals surface area contributed by atoms with Gasteiger partial charge in [0.15, 0.2) is 5.82 Å². The Balaban J connectivity index is 2.32. The van der Waals surface area contributed by atoms with E-state index in [1.165, 1.54) is 6.07 Å². The first kappa shape index (κ1) is 13.0. The summed E-state index contributed by atoms with van der Waals surface area (Å²) in [6, 6.07) is 4.61. The minimum Gasteiger partial charge on any atom is -0.304 e. The van der Waals surface area contributed by atoms with E-state index in [4.69, 9.17) is 0 Å². The van der Waals surface area contributed by atoms with Crippen LogP contribution < -0.4 is 0 Å². The third-order valence-electron chi connectivity index (χ3n) is 2.76. The molecule has 6 heteroatoms. The molecule has 0 bridgehead atoms. The van der Waals surface area contributed by atoms with Gasteiger partial charge in [0.2, 0.25) is 0 Å². The topological polar surface area (TPSA) is 32.7 Å². The number of nitrogens with zero attached hydrogens (tertiary/aromatic N) is 2. The van der Waals surface area contributed by atoms with Crippen LogP contribution in [0.15, 0.2) is 27.0 Å². The Morgan fingerprint density at radius 2 is 2.06 bits per heavy atom. The molecule has 17 heavy (non-hydrogen) atoms. The average Bonchev–Trinajstić information content (AvgIpc) is 2.27. The van der Waals surface area contributed by atoms with Crippen LogP contribution in [0.5, 0.6) is 0 Å². The van der Waals surface area contributed by atoms with Crippen LogP contribution in [-0.4, -0.2) is 40.8 Å². The number of rotatable bonds is 1. The van der Waals surface area contributed by atoms with Crippen LogP contribution in [0.1, 0.15) is 0 Å². The van der Waals surface area contributed by atoms with Crippen molar-refractivity contribution < 1.29 is 8.60 Å². The molecular formula is C11H14BrFN2OS. The lowest BCUT2D eigenvalue weighted by Crippen LogP contribution is -2.37. The monoisotopic (exact) mass is 320 g/mol. The summed E-state index contributed by atoms with van der Waals surface area (Å²) in [4.78, 5) is 2.11. The van der Waals surface area contributed by atoms with Crippen molar-refractivity contribution in [3.8, 4) is 0 Å². The first-order valence-corrected chi connectivity index (χ1v) is 7.99. The third kappa shape index (κ3) is 3.26. The van der Waals surface area contributed by atoms with E-state index in [1.54, 1.807) is 12.1 Å². The summed E-state index contributed by atoms with van der Waals surface area (Å²) in [5.74, 6) is 0.596. The molecule has 0 atom stereocenters. The van der Waals surface area contributed by atoms with E-state index < -0.39 is 15.5 Å². The number of halogens is 2. The Kier molecular flexibility index (Phi) is 3.85. The van der Waals surface area contributed by atoms with E-state index in [9.17, 15) is 8.60 Å². The van der Waals surface area contributed by atoms with Gasteiger partial charge in [-0.05, 0) is 25.2 Å². The highest BCUT2D eigenvalue weighted by atomic mass is 79.9. The van der Waals surface area contributed by atoms with Crippen LogP contribution in [0.4, 0.5) is 10.1 Å². The molecule has 0 radical (unpaired) electrons. The van der Waals surface area contributed by atoms with Gasteiger partial charge < -0.3 is 4.90 Å². The quantitative estimate of drug-likeness (QED) is 0.797. The van der Waals surface area contributed by atoms with Crippen molar-refractivity contribution in [2.75, 3.05) is 31.6 Å². The lowest BCUT2D eigenvalue weighted by Gasteiger charge is -2.24. The molecular weight excluding hydrogens is 307 g/mol. The third-order valence-corrected chi connectivity index (χ3v) is 5.42. The fourth-order valence-corrected chi connectivity index (χ4v) is 4.06. The molecule has 0 unspecified atom stereocenters. The average molecular weight is 321 g/mol. The molecule has 0 aromatic heterocycles. The zero-order valence-electron chi connectivity index (χ0n) is 9.53. The molecule has 0 N–H and O–H groups in total. The minimum atomic E-state index is -2.28. The number of hydrogen-bond acceptors (Lipinski definition) is 3. The predicted octanol–water partition coefficient (Wildman–Crippen LogP) is 2.63. The van der Waals surface area contributed by atoms with Crippen LogP contribution in [-0.2, 0) is 9.73 Å². The van der Waals surface area contributed by atoms with E-state index in [2.05, 4.69) is 25.2 Å². The van der Waals surface area contributed by atoms with Gasteiger partial charge in [0, 0.05) is 29.1 Å². The molecule has 2 rings (SSSR count). The SMILES string of the molecule is CN1CCS(=O)(=Nc2ccc(Br)cc2F)CC1. The van der Waals surface area contributed by atoms with Crippen LogP contribution in [0.3, 0.4) is 0 Å². The maximum atomic E-state index is 13.6. The second-order valence-electron chi connectivity index (χ2n) is 4.17. The van der Waals surface area contributed by atoms with Gasteiger partial charge in [-0.25, -0.2) is 8.60 Å². The zero-order valence-corrected chi connectivity index (χ0v) is 11.9. The predicted molar refractivity (Wildman–Crippen MR) is 71.6 cm³/mol.